The number of fused-ring (bicyclic) bond motifs is 24. The second-order valence-electron chi connectivity index (χ2n) is 35.4. The summed E-state index contributed by atoms with van der Waals surface area (Å²) in [7, 11) is 0. The summed E-state index contributed by atoms with van der Waals surface area (Å²) >= 11 is 0. The Balaban J connectivity index is 0.000000114. The normalized spacial score (nSPS) is 12.7. The SMILES string of the molecule is [2H]c1c(-c2ccc3c(ccc4ccccc43)c2)c([2H])c2c(oc3c([2H])c([2H])c([2H])c(-c4nc(-c5ccccc5)nc(-c5ccccc5)n4)c32)c1[2H].[2H]c1c(-c2ccc3c4ccccc4c4ccccc4c3c2)c([2H])c2c(oc3c([2H])c([2H])c([2H])c(-c4nc(-c5ccccc5)nc(-c5ccccc5)n4)c32)c1[2H].[C-]#[N+]c1cc(-c2nc(-c3ccccc3)nc(-c3ccccc3)n2)c2c(c1)oc1ccc(-c3ccc4c5ccccc5c5ccccc5c4c3)cc12. The fourth-order valence-corrected chi connectivity index (χ4v) is 19.9. The molecule has 0 unspecified atom stereocenters. The number of hydrogen-bond acceptors (Lipinski definition) is 12. The molecule has 0 saturated carbocycles. The van der Waals surface area contributed by atoms with E-state index in [9.17, 15) is 6.85 Å². The molecule has 13 heteroatoms. The summed E-state index contributed by atoms with van der Waals surface area (Å²) in [5, 5.41) is 20.3. The largest absolute Gasteiger partial charge is 0.457 e. The Morgan fingerprint density at radius 3 is 0.862 bits per heavy atom. The average molecular weight is 1860 g/mol. The highest BCUT2D eigenvalue weighted by Crippen LogP contribution is 2.48. The molecule has 6 heterocycles. The maximum Gasteiger partial charge on any atom is 0.191 e. The standard InChI is InChI=1S/C46H26N4O.C45H27N3O.C41H25N3O/c1-47-32-26-40(46-49-44(28-12-4-2-5-13-28)48-45(50-46)29-14-6-3-7-15-29)43-39-25-31(21-23-41(39)51-42(43)27-32)30-20-22-37-35-18-9-8-16-33(35)34-17-10-11-19-36(34)38(37)24-30;1-3-12-28(13-4-1)43-46-44(29-14-5-2-6-15-29)48-45(47-43)37-20-11-21-41-42(37)39-27-31(23-25-40(39)49-41)30-22-24-36-34-18-8-7-16-32(34)33-17-9-10-19-35(33)38(36)26-30;1-3-11-27(12-4-1)39-42-40(28-13-5-2-6-14-28)44-41(43-39)34-16-9-17-37-38(34)35-25-30(21-23-36(35)45-37)29-20-22-33-31(24-29)19-18-26-10-7-8-15-32(26)33/h2-27H;1-27H;1-25H/i;11D,20D,21D,23D,25D,27D;9D,16D,17D,21D,23D,25D. The van der Waals surface area contributed by atoms with Gasteiger partial charge in [0, 0.05) is 82.4 Å². The Hall–Kier alpha value is -19.9. The molecule has 29 aromatic rings. The van der Waals surface area contributed by atoms with Gasteiger partial charge in [-0.25, -0.2) is 49.7 Å². The molecule has 0 atom stereocenters. The van der Waals surface area contributed by atoms with Crippen molar-refractivity contribution in [3.63, 3.8) is 0 Å². The highest BCUT2D eigenvalue weighted by molar-refractivity contribution is 6.28. The van der Waals surface area contributed by atoms with Crippen LogP contribution in [0.5, 0.6) is 0 Å². The number of hydrogen-bond donors (Lipinski definition) is 0. The molecule has 6 aromatic heterocycles. The Kier molecular flexibility index (Phi) is 17.7. The van der Waals surface area contributed by atoms with Crippen LogP contribution in [0.4, 0.5) is 5.69 Å². The molecular formula is C132H78N10O3. The van der Waals surface area contributed by atoms with E-state index in [0.29, 0.717) is 85.4 Å². The van der Waals surface area contributed by atoms with Gasteiger partial charge >= 0.3 is 0 Å². The number of benzene rings is 23. The van der Waals surface area contributed by atoms with Gasteiger partial charge < -0.3 is 13.3 Å². The molecule has 0 aliphatic heterocycles. The maximum absolute atomic E-state index is 9.74. The molecule has 0 aliphatic carbocycles. The summed E-state index contributed by atoms with van der Waals surface area (Å²) in [6.07, 6.45) is 0. The highest BCUT2D eigenvalue weighted by Gasteiger charge is 2.26. The quantitative estimate of drug-likeness (QED) is 0.0843. The summed E-state index contributed by atoms with van der Waals surface area (Å²) in [5.74, 6) is 3.08. The lowest BCUT2D eigenvalue weighted by molar-refractivity contribution is 0.668. The van der Waals surface area contributed by atoms with Crippen molar-refractivity contribution < 1.29 is 29.7 Å². The molecule has 0 N–H and O–H groups in total. The molecule has 0 amide bonds. The van der Waals surface area contributed by atoms with Crippen LogP contribution in [0.1, 0.15) is 16.4 Å². The fourth-order valence-electron chi connectivity index (χ4n) is 19.9. The van der Waals surface area contributed by atoms with Gasteiger partial charge in [0.1, 0.15) is 33.5 Å². The first-order valence-corrected chi connectivity index (χ1v) is 47.3. The van der Waals surface area contributed by atoms with Crippen molar-refractivity contribution in [2.24, 2.45) is 0 Å². The second-order valence-corrected chi connectivity index (χ2v) is 35.4. The van der Waals surface area contributed by atoms with Crippen molar-refractivity contribution in [1.82, 2.24) is 44.9 Å². The first kappa shape index (κ1) is 72.4. The molecule has 0 aliphatic rings. The zero-order valence-corrected chi connectivity index (χ0v) is 76.8. The molecule has 23 aromatic carbocycles. The first-order chi connectivity index (χ1) is 76.8. The van der Waals surface area contributed by atoms with E-state index >= 15 is 0 Å². The van der Waals surface area contributed by atoms with Gasteiger partial charge in [0.15, 0.2) is 58.1 Å². The summed E-state index contributed by atoms with van der Waals surface area (Å²) < 4.78 is 128. The third kappa shape index (κ3) is 15.3. The van der Waals surface area contributed by atoms with E-state index in [2.05, 4.69) is 120 Å². The third-order valence-electron chi connectivity index (χ3n) is 26.8. The average Bonchev–Trinajstić information content (AvgIpc) is 1.56. The number of furan rings is 3. The van der Waals surface area contributed by atoms with Crippen molar-refractivity contribution in [2.75, 3.05) is 0 Å². The van der Waals surface area contributed by atoms with Gasteiger partial charge in [0.2, 0.25) is 0 Å². The van der Waals surface area contributed by atoms with E-state index in [0.717, 1.165) is 98.0 Å². The number of rotatable bonds is 12. The van der Waals surface area contributed by atoms with Crippen molar-refractivity contribution in [3.05, 3.63) is 484 Å². The van der Waals surface area contributed by atoms with E-state index in [1.807, 2.05) is 279 Å². The van der Waals surface area contributed by atoms with Crippen molar-refractivity contribution in [1.29, 1.82) is 0 Å². The molecule has 674 valence electrons. The van der Waals surface area contributed by atoms with Crippen LogP contribution >= 0.6 is 0 Å². The molecule has 29 rings (SSSR count). The van der Waals surface area contributed by atoms with Crippen LogP contribution in [-0.4, -0.2) is 44.9 Å². The Labute approximate surface area is 847 Å². The summed E-state index contributed by atoms with van der Waals surface area (Å²) in [6, 6.07) is 128. The Morgan fingerprint density at radius 2 is 0.469 bits per heavy atom. The Morgan fingerprint density at radius 1 is 0.179 bits per heavy atom. The van der Waals surface area contributed by atoms with E-state index in [1.165, 1.54) is 32.3 Å². The van der Waals surface area contributed by atoms with Crippen LogP contribution in [0, 0.1) is 6.57 Å². The summed E-state index contributed by atoms with van der Waals surface area (Å²) in [6.45, 7) is 7.92. The van der Waals surface area contributed by atoms with Gasteiger partial charge in [0.05, 0.1) is 23.0 Å². The lowest BCUT2D eigenvalue weighted by atomic mass is 9.92. The summed E-state index contributed by atoms with van der Waals surface area (Å²) in [5.41, 5.74) is 10.7. The minimum Gasteiger partial charge on any atom is -0.457 e. The van der Waals surface area contributed by atoms with E-state index in [1.54, 1.807) is 6.07 Å². The third-order valence-corrected chi connectivity index (χ3v) is 26.8. The first-order valence-electron chi connectivity index (χ1n) is 53.3. The zero-order chi connectivity index (χ0) is 106. The van der Waals surface area contributed by atoms with Crippen LogP contribution < -0.4 is 0 Å². The number of aromatic nitrogens is 9. The summed E-state index contributed by atoms with van der Waals surface area (Å²) in [4.78, 5) is 47.5. The van der Waals surface area contributed by atoms with Crippen molar-refractivity contribution >= 4 is 158 Å². The van der Waals surface area contributed by atoms with Crippen molar-refractivity contribution in [3.8, 4) is 136 Å². The minimum absolute atomic E-state index is 0.0605. The van der Waals surface area contributed by atoms with Crippen LogP contribution in [0.25, 0.3) is 293 Å². The fraction of sp³-hybridized carbons (Fsp3) is 0. The predicted molar refractivity (Wildman–Crippen MR) is 593 cm³/mol. The molecule has 0 spiro atoms. The lowest BCUT2D eigenvalue weighted by Crippen LogP contribution is -2.00. The van der Waals surface area contributed by atoms with Crippen LogP contribution in [0.3, 0.4) is 0 Å². The zero-order valence-electron chi connectivity index (χ0n) is 88.8. The minimum atomic E-state index is -0.414. The van der Waals surface area contributed by atoms with Crippen molar-refractivity contribution in [2.45, 2.75) is 0 Å². The molecule has 0 saturated heterocycles. The highest BCUT2D eigenvalue weighted by atomic mass is 16.3. The van der Waals surface area contributed by atoms with E-state index in [-0.39, 0.29) is 138 Å². The topological polar surface area (TPSA) is 160 Å². The smallest absolute Gasteiger partial charge is 0.191 e. The molecule has 0 fully saturated rings. The second kappa shape index (κ2) is 35.5. The van der Waals surface area contributed by atoms with Gasteiger partial charge in [-0.2, -0.15) is 0 Å². The van der Waals surface area contributed by atoms with Gasteiger partial charge in [-0.3, -0.25) is 0 Å². The molecule has 0 radical (unpaired) electrons. The monoisotopic (exact) mass is 1860 g/mol. The van der Waals surface area contributed by atoms with E-state index < -0.39 is 12.1 Å². The van der Waals surface area contributed by atoms with Gasteiger partial charge in [-0.05, 0) is 198 Å². The maximum atomic E-state index is 9.74. The van der Waals surface area contributed by atoms with Gasteiger partial charge in [-0.15, -0.1) is 0 Å². The lowest BCUT2D eigenvalue weighted by Gasteiger charge is -2.12. The van der Waals surface area contributed by atoms with Gasteiger partial charge in [-0.1, -0.05) is 394 Å². The van der Waals surface area contributed by atoms with Gasteiger partial charge in [0.25, 0.3) is 0 Å². The van der Waals surface area contributed by atoms with E-state index in [4.69, 9.17) is 74.3 Å². The number of nitrogens with zero attached hydrogens (tertiary/aromatic N) is 10. The molecule has 0 bridgehead atoms. The molecular weight excluding hydrogens is 1770 g/mol. The van der Waals surface area contributed by atoms with Crippen LogP contribution in [0.2, 0.25) is 0 Å². The Bertz CT molecular complexity index is 10900. The van der Waals surface area contributed by atoms with Crippen LogP contribution in [0.15, 0.2) is 486 Å². The predicted octanol–water partition coefficient (Wildman–Crippen LogP) is 35.1. The van der Waals surface area contributed by atoms with Crippen LogP contribution in [-0.2, 0) is 0 Å². The molecule has 13 nitrogen and oxygen atoms in total. The molecule has 145 heavy (non-hydrogen) atoms.